The van der Waals surface area contributed by atoms with Crippen molar-refractivity contribution in [3.63, 3.8) is 0 Å². The van der Waals surface area contributed by atoms with Crippen LogP contribution in [0.1, 0.15) is 0 Å². The summed E-state index contributed by atoms with van der Waals surface area (Å²) in [6.45, 7) is 0. The van der Waals surface area contributed by atoms with Gasteiger partial charge in [0.25, 0.3) is 0 Å². The van der Waals surface area contributed by atoms with Crippen LogP contribution in [-0.4, -0.2) is 17.5 Å². The molecule has 0 aliphatic rings. The zero-order valence-electron chi connectivity index (χ0n) is 2.83. The minimum Gasteiger partial charge on any atom is -0.264 e. The molecule has 0 aliphatic heterocycles. The van der Waals surface area contributed by atoms with E-state index in [1.54, 1.807) is 0 Å². The highest BCUT2D eigenvalue weighted by molar-refractivity contribution is 7.79. The van der Waals surface area contributed by atoms with Gasteiger partial charge in [0.15, 0.2) is 0 Å². The summed E-state index contributed by atoms with van der Waals surface area (Å²) < 4.78 is 31.6. The lowest BCUT2D eigenvalue weighted by Crippen LogP contribution is -1.89. The van der Waals surface area contributed by atoms with Gasteiger partial charge in [-0.05, 0) is 0 Å². The van der Waals surface area contributed by atoms with Gasteiger partial charge in [-0.25, -0.2) is 0 Å². The molecule has 0 saturated carbocycles. The zero-order chi connectivity index (χ0) is 4.50. The maximum atomic E-state index is 8.74. The quantitative estimate of drug-likeness (QED) is 0.341. The normalized spacial score (nSPS) is 9.67. The standard InChI is InChI=1S/H2O4S.H3P/c1-5(2,3)4;/h(H2,1,2,3,4);1H3. The van der Waals surface area contributed by atoms with Crippen molar-refractivity contribution in [2.75, 3.05) is 0 Å². The third-order valence-corrected chi connectivity index (χ3v) is 0. The maximum absolute atomic E-state index is 8.74. The van der Waals surface area contributed by atoms with Gasteiger partial charge in [0.05, 0.1) is 0 Å². The minimum absolute atomic E-state index is 0. The van der Waals surface area contributed by atoms with E-state index >= 15 is 0 Å². The summed E-state index contributed by atoms with van der Waals surface area (Å²) in [5.74, 6) is 0. The molecule has 40 valence electrons. The molecule has 0 aliphatic carbocycles. The molecule has 2 N–H and O–H groups in total. The van der Waals surface area contributed by atoms with E-state index < -0.39 is 10.4 Å². The van der Waals surface area contributed by atoms with Crippen LogP contribution >= 0.6 is 9.90 Å². The molecule has 0 fully saturated rings. The van der Waals surface area contributed by atoms with E-state index in [0.29, 0.717) is 0 Å². The van der Waals surface area contributed by atoms with Crippen molar-refractivity contribution in [2.24, 2.45) is 0 Å². The van der Waals surface area contributed by atoms with Crippen LogP contribution in [0.2, 0.25) is 0 Å². The van der Waals surface area contributed by atoms with E-state index in [0.717, 1.165) is 0 Å². The first-order valence-electron chi connectivity index (χ1n) is 0.698. The second-order valence-corrected chi connectivity index (χ2v) is 1.34. The van der Waals surface area contributed by atoms with E-state index in [-0.39, 0.29) is 9.90 Å². The van der Waals surface area contributed by atoms with Crippen molar-refractivity contribution >= 4 is 20.3 Å². The molecule has 1 unspecified atom stereocenters. The Hall–Kier alpha value is 0.300. The molecule has 0 aromatic carbocycles. The van der Waals surface area contributed by atoms with Crippen LogP contribution < -0.4 is 0 Å². The Kier molecular flexibility index (Phi) is 3.94. The summed E-state index contributed by atoms with van der Waals surface area (Å²) in [4.78, 5) is 0. The summed E-state index contributed by atoms with van der Waals surface area (Å²) in [5.41, 5.74) is 0. The molecule has 4 nitrogen and oxygen atoms in total. The van der Waals surface area contributed by atoms with Crippen molar-refractivity contribution < 1.29 is 17.5 Å². The summed E-state index contributed by atoms with van der Waals surface area (Å²) in [6, 6.07) is 0. The van der Waals surface area contributed by atoms with Crippen molar-refractivity contribution in [3.05, 3.63) is 0 Å². The Morgan fingerprint density at radius 3 is 1.17 bits per heavy atom. The molecule has 0 saturated heterocycles. The lowest BCUT2D eigenvalue weighted by molar-refractivity contribution is 0.381. The van der Waals surface area contributed by atoms with Gasteiger partial charge in [-0.3, -0.25) is 9.11 Å². The van der Waals surface area contributed by atoms with E-state index in [2.05, 4.69) is 0 Å². The van der Waals surface area contributed by atoms with Crippen molar-refractivity contribution in [2.45, 2.75) is 0 Å². The molecule has 0 amide bonds. The molecular formula is H5O4PS. The Morgan fingerprint density at radius 1 is 1.17 bits per heavy atom. The van der Waals surface area contributed by atoms with Gasteiger partial charge >= 0.3 is 10.4 Å². The Bertz CT molecular complexity index is 90.7. The Labute approximate surface area is 38.8 Å². The minimum atomic E-state index is -4.67. The zero-order valence-corrected chi connectivity index (χ0v) is 5.06. The number of rotatable bonds is 0. The van der Waals surface area contributed by atoms with Gasteiger partial charge in [-0.15, -0.1) is 0 Å². The number of hydrogen-bond acceptors (Lipinski definition) is 2. The highest BCUT2D eigenvalue weighted by atomic mass is 32.3. The molecule has 0 spiro atoms. The van der Waals surface area contributed by atoms with Gasteiger partial charge < -0.3 is 0 Å². The largest absolute Gasteiger partial charge is 0.394 e. The van der Waals surface area contributed by atoms with E-state index in [1.807, 2.05) is 0 Å². The van der Waals surface area contributed by atoms with Gasteiger partial charge in [0.2, 0.25) is 0 Å². The van der Waals surface area contributed by atoms with Crippen LogP contribution in [0, 0.1) is 0 Å². The van der Waals surface area contributed by atoms with Gasteiger partial charge in [0.1, 0.15) is 0 Å². The van der Waals surface area contributed by atoms with Crippen LogP contribution in [-0.2, 0) is 10.4 Å². The van der Waals surface area contributed by atoms with Crippen LogP contribution in [0.3, 0.4) is 0 Å². The van der Waals surface area contributed by atoms with Crippen molar-refractivity contribution in [1.82, 2.24) is 0 Å². The molecular weight excluding hydrogens is 127 g/mol. The fourth-order valence-corrected chi connectivity index (χ4v) is 0. The van der Waals surface area contributed by atoms with E-state index in [1.165, 1.54) is 0 Å². The third kappa shape index (κ3) is 520. The lowest BCUT2D eigenvalue weighted by Gasteiger charge is -1.68. The van der Waals surface area contributed by atoms with Crippen LogP contribution in [0.4, 0.5) is 0 Å². The smallest absolute Gasteiger partial charge is 0.264 e. The highest BCUT2D eigenvalue weighted by Crippen LogP contribution is 1.59. The topological polar surface area (TPSA) is 74.6 Å². The highest BCUT2D eigenvalue weighted by Gasteiger charge is 1.84. The second-order valence-electron chi connectivity index (χ2n) is 0.448. The third-order valence-electron chi connectivity index (χ3n) is 0. The van der Waals surface area contributed by atoms with E-state index in [4.69, 9.17) is 17.5 Å². The molecule has 0 aromatic heterocycles. The van der Waals surface area contributed by atoms with E-state index in [9.17, 15) is 0 Å². The number of hydrogen-bond donors (Lipinski definition) is 2. The van der Waals surface area contributed by atoms with Gasteiger partial charge in [-0.1, -0.05) is 0 Å². The molecule has 6 heavy (non-hydrogen) atoms. The maximum Gasteiger partial charge on any atom is 0.394 e. The molecule has 0 radical (unpaired) electrons. The molecule has 6 heteroatoms. The van der Waals surface area contributed by atoms with Crippen molar-refractivity contribution in [1.29, 1.82) is 0 Å². The van der Waals surface area contributed by atoms with Gasteiger partial charge in [0, 0.05) is 0 Å². The van der Waals surface area contributed by atoms with Gasteiger partial charge in [-0.2, -0.15) is 18.3 Å². The molecule has 0 rings (SSSR count). The molecule has 0 heterocycles. The first-order chi connectivity index (χ1) is 2.00. The average molecular weight is 132 g/mol. The predicted molar refractivity (Wildman–Crippen MR) is 25.3 cm³/mol. The van der Waals surface area contributed by atoms with Crippen LogP contribution in [0.5, 0.6) is 0 Å². The SMILES string of the molecule is O=S(=O)(O)O.P. The second kappa shape index (κ2) is 2.47. The first-order valence-corrected chi connectivity index (χ1v) is 2.10. The van der Waals surface area contributed by atoms with Crippen LogP contribution in [0.15, 0.2) is 0 Å². The summed E-state index contributed by atoms with van der Waals surface area (Å²) >= 11 is 0. The predicted octanol–water partition coefficient (Wildman–Crippen LogP) is -0.595. The fraction of sp³-hybridized carbons (Fsp3) is 0. The summed E-state index contributed by atoms with van der Waals surface area (Å²) in [7, 11) is -4.67. The van der Waals surface area contributed by atoms with Crippen molar-refractivity contribution in [3.8, 4) is 0 Å². The summed E-state index contributed by atoms with van der Waals surface area (Å²) in [6.07, 6.45) is 0. The monoisotopic (exact) mass is 132 g/mol. The average Bonchev–Trinajstić information content (AvgIpc) is 0.722. The Morgan fingerprint density at radius 2 is 1.17 bits per heavy atom. The molecule has 1 atom stereocenters. The fourth-order valence-electron chi connectivity index (χ4n) is 0. The van der Waals surface area contributed by atoms with Crippen LogP contribution in [0.25, 0.3) is 0 Å². The molecule has 0 aromatic rings. The lowest BCUT2D eigenvalue weighted by atomic mass is 15.8. The first kappa shape index (κ1) is 9.57. The Balaban J connectivity index is 0. The molecule has 0 bridgehead atoms. The summed E-state index contributed by atoms with van der Waals surface area (Å²) in [5, 5.41) is 0.